The van der Waals surface area contributed by atoms with Gasteiger partial charge in [-0.3, -0.25) is 4.79 Å². The van der Waals surface area contributed by atoms with Gasteiger partial charge in [0, 0.05) is 5.57 Å². The van der Waals surface area contributed by atoms with Gasteiger partial charge in [-0.2, -0.15) is 0 Å². The highest BCUT2D eigenvalue weighted by molar-refractivity contribution is 5.94. The summed E-state index contributed by atoms with van der Waals surface area (Å²) in [5.74, 6) is -2.74. The lowest BCUT2D eigenvalue weighted by molar-refractivity contribution is -0.158. The largest absolute Gasteiger partial charge is 0.479 e. The standard InChI is InChI=1S/C16H26O6/c1-5-6-7-8-9-16(3,4)22-14(19)10-12(2)15(20)21-11-13(17)18/h2,5-11H2,1,3-4H3,(H,17,18). The Morgan fingerprint density at radius 2 is 1.77 bits per heavy atom. The van der Waals surface area contributed by atoms with Crippen LogP contribution < -0.4 is 0 Å². The van der Waals surface area contributed by atoms with Crippen molar-refractivity contribution in [3.8, 4) is 0 Å². The van der Waals surface area contributed by atoms with Crippen LogP contribution in [0.1, 0.15) is 59.3 Å². The van der Waals surface area contributed by atoms with Crippen molar-refractivity contribution < 1.29 is 29.0 Å². The fourth-order valence-electron chi connectivity index (χ4n) is 1.85. The number of carboxylic acid groups (broad SMARTS) is 1. The maximum absolute atomic E-state index is 11.8. The highest BCUT2D eigenvalue weighted by atomic mass is 16.6. The molecule has 6 heteroatoms. The average molecular weight is 314 g/mol. The first-order chi connectivity index (χ1) is 10.2. The van der Waals surface area contributed by atoms with Crippen LogP contribution in [0.3, 0.4) is 0 Å². The molecule has 0 spiro atoms. The van der Waals surface area contributed by atoms with Crippen molar-refractivity contribution >= 4 is 17.9 Å². The monoisotopic (exact) mass is 314 g/mol. The molecule has 0 bridgehead atoms. The fourth-order valence-corrected chi connectivity index (χ4v) is 1.85. The number of hydrogen-bond donors (Lipinski definition) is 1. The predicted molar refractivity (Wildman–Crippen MR) is 81.3 cm³/mol. The van der Waals surface area contributed by atoms with E-state index in [1.54, 1.807) is 0 Å². The van der Waals surface area contributed by atoms with Crippen LogP contribution in [0.15, 0.2) is 12.2 Å². The molecule has 0 aromatic rings. The quantitative estimate of drug-likeness (QED) is 0.358. The van der Waals surface area contributed by atoms with E-state index in [0.717, 1.165) is 32.1 Å². The van der Waals surface area contributed by atoms with Crippen molar-refractivity contribution in [3.63, 3.8) is 0 Å². The van der Waals surface area contributed by atoms with Gasteiger partial charge in [0.2, 0.25) is 0 Å². The van der Waals surface area contributed by atoms with Crippen LogP contribution in [0.2, 0.25) is 0 Å². The molecule has 0 aliphatic rings. The maximum Gasteiger partial charge on any atom is 0.341 e. The van der Waals surface area contributed by atoms with E-state index in [-0.39, 0.29) is 12.0 Å². The third-order valence-corrected chi connectivity index (χ3v) is 3.00. The summed E-state index contributed by atoms with van der Waals surface area (Å²) in [6.07, 6.45) is 4.78. The van der Waals surface area contributed by atoms with Crippen molar-refractivity contribution in [2.75, 3.05) is 6.61 Å². The van der Waals surface area contributed by atoms with E-state index in [0.29, 0.717) is 0 Å². The lowest BCUT2D eigenvalue weighted by atomic mass is 10.00. The van der Waals surface area contributed by atoms with Gasteiger partial charge in [-0.15, -0.1) is 0 Å². The van der Waals surface area contributed by atoms with Crippen LogP contribution in [0, 0.1) is 0 Å². The number of rotatable bonds is 11. The summed E-state index contributed by atoms with van der Waals surface area (Å²) in [6, 6.07) is 0. The number of ether oxygens (including phenoxy) is 2. The first kappa shape index (κ1) is 20.1. The molecular formula is C16H26O6. The van der Waals surface area contributed by atoms with E-state index in [1.165, 1.54) is 0 Å². The topological polar surface area (TPSA) is 89.9 Å². The number of esters is 2. The van der Waals surface area contributed by atoms with Gasteiger partial charge >= 0.3 is 17.9 Å². The third kappa shape index (κ3) is 9.96. The van der Waals surface area contributed by atoms with E-state index in [4.69, 9.17) is 9.84 Å². The zero-order valence-electron chi connectivity index (χ0n) is 13.6. The Bertz CT molecular complexity index is 411. The molecule has 1 N–H and O–H groups in total. The summed E-state index contributed by atoms with van der Waals surface area (Å²) >= 11 is 0. The molecule has 0 fully saturated rings. The molecule has 0 aromatic carbocycles. The van der Waals surface area contributed by atoms with E-state index >= 15 is 0 Å². The van der Waals surface area contributed by atoms with Crippen molar-refractivity contribution in [2.45, 2.75) is 64.9 Å². The first-order valence-electron chi connectivity index (χ1n) is 7.46. The highest BCUT2D eigenvalue weighted by Crippen LogP contribution is 2.20. The van der Waals surface area contributed by atoms with Crippen LogP contribution in [0.5, 0.6) is 0 Å². The Morgan fingerprint density at radius 3 is 2.32 bits per heavy atom. The maximum atomic E-state index is 11.8. The third-order valence-electron chi connectivity index (χ3n) is 3.00. The van der Waals surface area contributed by atoms with Crippen molar-refractivity contribution in [1.82, 2.24) is 0 Å². The molecular weight excluding hydrogens is 288 g/mol. The normalized spacial score (nSPS) is 10.9. The zero-order valence-corrected chi connectivity index (χ0v) is 13.6. The van der Waals surface area contributed by atoms with E-state index in [9.17, 15) is 14.4 Å². The molecule has 6 nitrogen and oxygen atoms in total. The minimum absolute atomic E-state index is 0.118. The number of carboxylic acids is 1. The number of hydrogen-bond acceptors (Lipinski definition) is 5. The Hall–Kier alpha value is -1.85. The average Bonchev–Trinajstić information content (AvgIpc) is 2.40. The molecule has 0 rings (SSSR count). The van der Waals surface area contributed by atoms with Gasteiger partial charge in [0.25, 0.3) is 0 Å². The van der Waals surface area contributed by atoms with Gasteiger partial charge in [-0.1, -0.05) is 32.8 Å². The van der Waals surface area contributed by atoms with Gasteiger partial charge in [-0.25, -0.2) is 9.59 Å². The second-order valence-electron chi connectivity index (χ2n) is 5.79. The van der Waals surface area contributed by atoms with Gasteiger partial charge in [0.15, 0.2) is 6.61 Å². The summed E-state index contributed by atoms with van der Waals surface area (Å²) in [7, 11) is 0. The molecule has 0 atom stereocenters. The minimum atomic E-state index is -1.27. The molecule has 0 aliphatic carbocycles. The fraction of sp³-hybridized carbons (Fsp3) is 0.688. The van der Waals surface area contributed by atoms with Crippen molar-refractivity contribution in [3.05, 3.63) is 12.2 Å². The van der Waals surface area contributed by atoms with Crippen LogP contribution in [0.25, 0.3) is 0 Å². The smallest absolute Gasteiger partial charge is 0.341 e. The van der Waals surface area contributed by atoms with Crippen LogP contribution in [0.4, 0.5) is 0 Å². The molecule has 0 amide bonds. The van der Waals surface area contributed by atoms with Gasteiger partial charge in [0.05, 0.1) is 6.42 Å². The van der Waals surface area contributed by atoms with Crippen molar-refractivity contribution in [2.24, 2.45) is 0 Å². The van der Waals surface area contributed by atoms with Gasteiger partial charge in [0.1, 0.15) is 5.60 Å². The molecule has 0 saturated heterocycles. The zero-order chi connectivity index (χ0) is 17.2. The molecule has 22 heavy (non-hydrogen) atoms. The molecule has 0 heterocycles. The van der Waals surface area contributed by atoms with Crippen LogP contribution in [-0.2, 0) is 23.9 Å². The van der Waals surface area contributed by atoms with Gasteiger partial charge in [-0.05, 0) is 26.7 Å². The summed E-state index contributed by atoms with van der Waals surface area (Å²) in [5, 5.41) is 8.40. The van der Waals surface area contributed by atoms with Gasteiger partial charge < -0.3 is 14.6 Å². The summed E-state index contributed by atoms with van der Waals surface area (Å²) in [4.78, 5) is 33.5. The second-order valence-corrected chi connectivity index (χ2v) is 5.79. The van der Waals surface area contributed by atoms with Crippen molar-refractivity contribution in [1.29, 1.82) is 0 Å². The Morgan fingerprint density at radius 1 is 1.14 bits per heavy atom. The SMILES string of the molecule is C=C(CC(=O)OC(C)(C)CCCCCC)C(=O)OCC(=O)O. The number of aliphatic carboxylic acids is 1. The molecule has 0 saturated carbocycles. The molecule has 0 unspecified atom stereocenters. The summed E-state index contributed by atoms with van der Waals surface area (Å²) in [5.41, 5.74) is -0.719. The summed E-state index contributed by atoms with van der Waals surface area (Å²) in [6.45, 7) is 8.44. The lowest BCUT2D eigenvalue weighted by Crippen LogP contribution is -2.28. The lowest BCUT2D eigenvalue weighted by Gasteiger charge is -2.25. The number of unbranched alkanes of at least 4 members (excludes halogenated alkanes) is 3. The van der Waals surface area contributed by atoms with E-state index in [1.807, 2.05) is 13.8 Å². The van der Waals surface area contributed by atoms with E-state index < -0.39 is 30.1 Å². The number of carbonyl (C=O) groups is 3. The van der Waals surface area contributed by atoms with Crippen LogP contribution in [-0.4, -0.2) is 35.2 Å². The minimum Gasteiger partial charge on any atom is -0.479 e. The number of carbonyl (C=O) groups excluding carboxylic acids is 2. The Balaban J connectivity index is 4.16. The summed E-state index contributed by atoms with van der Waals surface area (Å²) < 4.78 is 9.78. The second kappa shape index (κ2) is 9.97. The first-order valence-corrected chi connectivity index (χ1v) is 7.46. The molecule has 126 valence electrons. The van der Waals surface area contributed by atoms with E-state index in [2.05, 4.69) is 18.2 Å². The predicted octanol–water partition coefficient (Wildman–Crippen LogP) is 2.85. The molecule has 0 aliphatic heterocycles. The highest BCUT2D eigenvalue weighted by Gasteiger charge is 2.24. The van der Waals surface area contributed by atoms with Crippen LogP contribution >= 0.6 is 0 Å². The molecule has 0 aromatic heterocycles. The Kier molecular flexibility index (Phi) is 9.13. The molecule has 0 radical (unpaired) electrons. The Labute approximate surface area is 131 Å².